The Balaban J connectivity index is 1.41. The fraction of sp³-hybridized carbons (Fsp3) is 0.604. The highest BCUT2D eigenvalue weighted by Crippen LogP contribution is 2.31. The molecule has 2 unspecified atom stereocenters. The highest BCUT2D eigenvalue weighted by atomic mass is 16.6. The zero-order valence-corrected chi connectivity index (χ0v) is 33.5. The van der Waals surface area contributed by atoms with Crippen molar-refractivity contribution in [2.24, 2.45) is 0 Å². The molecule has 0 amide bonds. The molecule has 0 saturated carbocycles. The molecule has 0 fully saturated rings. The quantitative estimate of drug-likeness (QED) is 0.0392. The molecule has 0 aliphatic carbocycles. The van der Waals surface area contributed by atoms with Crippen LogP contribution in [0.1, 0.15) is 191 Å². The Morgan fingerprint density at radius 3 is 1.54 bits per heavy atom. The standard InChI is InChI=1S/C48H72O4/c1-5-8-10-12-14-16-18-20-22-26-39-50-40(4)41-31-33-42(34-32-41)43-35-37-44(38-36-43)48(49)52-47-30-25-24-29-46(47)51-45(27-7-3)28-23-21-19-17-15-13-11-9-6-2/h24-25,29-38,40,45H,5-23,26-28,39H2,1-4H3. The van der Waals surface area contributed by atoms with Gasteiger partial charge < -0.3 is 14.2 Å². The summed E-state index contributed by atoms with van der Waals surface area (Å²) in [4.78, 5) is 13.2. The molecule has 4 heteroatoms. The molecule has 0 spiro atoms. The van der Waals surface area contributed by atoms with E-state index in [9.17, 15) is 4.79 Å². The van der Waals surface area contributed by atoms with Crippen LogP contribution in [0.3, 0.4) is 0 Å². The van der Waals surface area contributed by atoms with Crippen LogP contribution in [-0.2, 0) is 4.74 Å². The average molecular weight is 713 g/mol. The van der Waals surface area contributed by atoms with Gasteiger partial charge in [-0.15, -0.1) is 0 Å². The zero-order valence-electron chi connectivity index (χ0n) is 33.5. The van der Waals surface area contributed by atoms with Crippen LogP contribution < -0.4 is 9.47 Å². The van der Waals surface area contributed by atoms with E-state index in [1.54, 1.807) is 0 Å². The first-order chi connectivity index (χ1) is 25.5. The monoisotopic (exact) mass is 713 g/mol. The number of unbranched alkanes of at least 4 members (excludes halogenated alkanes) is 17. The first kappa shape index (κ1) is 43.3. The van der Waals surface area contributed by atoms with E-state index in [4.69, 9.17) is 14.2 Å². The summed E-state index contributed by atoms with van der Waals surface area (Å²) in [5.74, 6) is 0.741. The Morgan fingerprint density at radius 1 is 0.519 bits per heavy atom. The molecule has 0 radical (unpaired) electrons. The van der Waals surface area contributed by atoms with Gasteiger partial charge in [-0.05, 0) is 73.6 Å². The van der Waals surface area contributed by atoms with Crippen molar-refractivity contribution in [1.82, 2.24) is 0 Å². The van der Waals surface area contributed by atoms with Crippen LogP contribution in [0.25, 0.3) is 11.1 Å². The second kappa shape index (κ2) is 27.5. The fourth-order valence-corrected chi connectivity index (χ4v) is 6.93. The van der Waals surface area contributed by atoms with E-state index < -0.39 is 0 Å². The molecule has 0 aromatic heterocycles. The second-order valence-electron chi connectivity index (χ2n) is 14.9. The predicted molar refractivity (Wildman–Crippen MR) is 221 cm³/mol. The van der Waals surface area contributed by atoms with Crippen LogP contribution in [-0.4, -0.2) is 18.7 Å². The van der Waals surface area contributed by atoms with Gasteiger partial charge in [-0.25, -0.2) is 4.79 Å². The van der Waals surface area contributed by atoms with Gasteiger partial charge in [-0.1, -0.05) is 185 Å². The van der Waals surface area contributed by atoms with Crippen LogP contribution >= 0.6 is 0 Å². The molecule has 2 atom stereocenters. The summed E-state index contributed by atoms with van der Waals surface area (Å²) < 4.78 is 18.5. The lowest BCUT2D eigenvalue weighted by Gasteiger charge is -2.20. The summed E-state index contributed by atoms with van der Waals surface area (Å²) in [7, 11) is 0. The van der Waals surface area contributed by atoms with Crippen molar-refractivity contribution < 1.29 is 19.0 Å². The lowest BCUT2D eigenvalue weighted by atomic mass is 10.0. The normalized spacial score (nSPS) is 12.5. The van der Waals surface area contributed by atoms with Crippen molar-refractivity contribution in [1.29, 1.82) is 0 Å². The van der Waals surface area contributed by atoms with Crippen molar-refractivity contribution in [2.45, 2.75) is 181 Å². The third kappa shape index (κ3) is 17.6. The van der Waals surface area contributed by atoms with Gasteiger partial charge in [0.2, 0.25) is 0 Å². The Bertz CT molecular complexity index is 1310. The molecule has 3 rings (SSSR count). The van der Waals surface area contributed by atoms with E-state index >= 15 is 0 Å². The van der Waals surface area contributed by atoms with Gasteiger partial charge in [0.1, 0.15) is 0 Å². The van der Waals surface area contributed by atoms with Crippen molar-refractivity contribution >= 4 is 5.97 Å². The summed E-state index contributed by atoms with van der Waals surface area (Å²) >= 11 is 0. The SMILES string of the molecule is CCCCCCCCCCCCOC(C)c1ccc(-c2ccc(C(=O)Oc3ccccc3OC(CCC)CCCCCCCCCCC)cc2)cc1. The van der Waals surface area contributed by atoms with E-state index in [-0.39, 0.29) is 18.2 Å². The second-order valence-corrected chi connectivity index (χ2v) is 14.9. The van der Waals surface area contributed by atoms with Crippen LogP contribution in [0.15, 0.2) is 72.8 Å². The molecule has 52 heavy (non-hydrogen) atoms. The molecule has 0 bridgehead atoms. The number of hydrogen-bond donors (Lipinski definition) is 0. The smallest absolute Gasteiger partial charge is 0.343 e. The number of carbonyl (C=O) groups excluding carboxylic acids is 1. The van der Waals surface area contributed by atoms with Crippen LogP contribution in [0, 0.1) is 0 Å². The molecule has 0 N–H and O–H groups in total. The third-order valence-corrected chi connectivity index (χ3v) is 10.3. The first-order valence-corrected chi connectivity index (χ1v) is 21.4. The van der Waals surface area contributed by atoms with Gasteiger partial charge in [0.05, 0.1) is 17.8 Å². The van der Waals surface area contributed by atoms with E-state index in [0.717, 1.165) is 43.4 Å². The van der Waals surface area contributed by atoms with Crippen molar-refractivity contribution in [2.75, 3.05) is 6.61 Å². The summed E-state index contributed by atoms with van der Waals surface area (Å²) in [6.07, 6.45) is 28.5. The number of rotatable bonds is 30. The van der Waals surface area contributed by atoms with Crippen molar-refractivity contribution in [3.63, 3.8) is 0 Å². The fourth-order valence-electron chi connectivity index (χ4n) is 6.93. The van der Waals surface area contributed by atoms with Gasteiger partial charge in [0.25, 0.3) is 0 Å². The highest BCUT2D eigenvalue weighted by Gasteiger charge is 2.17. The summed E-state index contributed by atoms with van der Waals surface area (Å²) in [5, 5.41) is 0. The summed E-state index contributed by atoms with van der Waals surface area (Å²) in [5.41, 5.74) is 3.87. The van der Waals surface area contributed by atoms with Gasteiger partial charge >= 0.3 is 5.97 Å². The van der Waals surface area contributed by atoms with Crippen molar-refractivity contribution in [3.05, 3.63) is 83.9 Å². The number of benzene rings is 3. The molecule has 3 aromatic rings. The number of ether oxygens (including phenoxy) is 3. The molecule has 4 nitrogen and oxygen atoms in total. The Labute approximate surface area is 318 Å². The molecule has 0 heterocycles. The number of para-hydroxylation sites is 2. The Kier molecular flexibility index (Phi) is 22.9. The molecule has 0 aliphatic heterocycles. The summed E-state index contributed by atoms with van der Waals surface area (Å²) in [6, 6.07) is 23.8. The molecule has 3 aromatic carbocycles. The lowest BCUT2D eigenvalue weighted by Crippen LogP contribution is -2.17. The van der Waals surface area contributed by atoms with E-state index in [0.29, 0.717) is 17.1 Å². The van der Waals surface area contributed by atoms with Gasteiger partial charge in [0.15, 0.2) is 11.5 Å². The van der Waals surface area contributed by atoms with Gasteiger partial charge in [0, 0.05) is 6.61 Å². The van der Waals surface area contributed by atoms with E-state index in [1.807, 2.05) is 48.5 Å². The third-order valence-electron chi connectivity index (χ3n) is 10.3. The van der Waals surface area contributed by atoms with Crippen molar-refractivity contribution in [3.8, 4) is 22.6 Å². The molecule has 0 aliphatic rings. The van der Waals surface area contributed by atoms with E-state index in [2.05, 4.69) is 52.0 Å². The first-order valence-electron chi connectivity index (χ1n) is 21.4. The van der Waals surface area contributed by atoms with Gasteiger partial charge in [-0.2, -0.15) is 0 Å². The summed E-state index contributed by atoms with van der Waals surface area (Å²) in [6.45, 7) is 9.69. The van der Waals surface area contributed by atoms with E-state index in [1.165, 1.54) is 121 Å². The number of esters is 1. The molecule has 288 valence electrons. The Morgan fingerprint density at radius 2 is 1.00 bits per heavy atom. The maximum Gasteiger partial charge on any atom is 0.343 e. The largest absolute Gasteiger partial charge is 0.487 e. The highest BCUT2D eigenvalue weighted by molar-refractivity contribution is 5.92. The zero-order chi connectivity index (χ0) is 37.1. The predicted octanol–water partition coefficient (Wildman–Crippen LogP) is 15.0. The minimum atomic E-state index is -0.377. The number of carbonyl (C=O) groups is 1. The molecule has 0 saturated heterocycles. The molecular weight excluding hydrogens is 641 g/mol. The van der Waals surface area contributed by atoms with Crippen LogP contribution in [0.5, 0.6) is 11.5 Å². The maximum absolute atomic E-state index is 13.2. The average Bonchev–Trinajstić information content (AvgIpc) is 3.17. The number of hydrogen-bond acceptors (Lipinski definition) is 4. The Hall–Kier alpha value is -3.11. The maximum atomic E-state index is 13.2. The topological polar surface area (TPSA) is 44.8 Å². The lowest BCUT2D eigenvalue weighted by molar-refractivity contribution is 0.0627. The molecular formula is C48H72O4. The van der Waals surface area contributed by atoms with Crippen LogP contribution in [0.2, 0.25) is 0 Å². The van der Waals surface area contributed by atoms with Gasteiger partial charge in [-0.3, -0.25) is 0 Å². The van der Waals surface area contributed by atoms with Crippen LogP contribution in [0.4, 0.5) is 0 Å². The minimum Gasteiger partial charge on any atom is -0.487 e. The minimum absolute atomic E-state index is 0.0729.